The van der Waals surface area contributed by atoms with Crippen molar-refractivity contribution in [3.63, 3.8) is 0 Å². The van der Waals surface area contributed by atoms with Crippen LogP contribution in [-0.2, 0) is 9.59 Å². The van der Waals surface area contributed by atoms with Crippen molar-refractivity contribution < 1.29 is 19.1 Å². The third kappa shape index (κ3) is 7.85. The van der Waals surface area contributed by atoms with Gasteiger partial charge in [0.25, 0.3) is 11.8 Å². The smallest absolute Gasteiger partial charge is 0.272 e. The molecule has 40 heavy (non-hydrogen) atoms. The quantitative estimate of drug-likeness (QED) is 0.162. The SMILES string of the molecule is COc1ccccc1/C=C(/NC(=O)c1ccccc1)C(=O)Nc1cccc(SCC(=O)Nc2ccccc2C)c1. The van der Waals surface area contributed by atoms with Crippen molar-refractivity contribution in [2.24, 2.45) is 0 Å². The molecule has 0 aliphatic carbocycles. The minimum atomic E-state index is -0.505. The number of carbonyl (C=O) groups is 3. The van der Waals surface area contributed by atoms with Crippen molar-refractivity contribution in [1.82, 2.24) is 5.32 Å². The highest BCUT2D eigenvalue weighted by atomic mass is 32.2. The van der Waals surface area contributed by atoms with Gasteiger partial charge in [0.05, 0.1) is 12.9 Å². The number of benzene rings is 4. The van der Waals surface area contributed by atoms with Crippen molar-refractivity contribution in [3.8, 4) is 5.75 Å². The molecule has 4 aromatic rings. The summed E-state index contributed by atoms with van der Waals surface area (Å²) < 4.78 is 5.42. The Balaban J connectivity index is 1.48. The number of ether oxygens (including phenoxy) is 1. The van der Waals surface area contributed by atoms with Crippen LogP contribution in [0.1, 0.15) is 21.5 Å². The molecule has 0 fully saturated rings. The highest BCUT2D eigenvalue weighted by Crippen LogP contribution is 2.24. The van der Waals surface area contributed by atoms with E-state index in [9.17, 15) is 14.4 Å². The van der Waals surface area contributed by atoms with Crippen LogP contribution in [0.3, 0.4) is 0 Å². The van der Waals surface area contributed by atoms with Crippen molar-refractivity contribution in [3.05, 3.63) is 126 Å². The van der Waals surface area contributed by atoms with Gasteiger partial charge in [0, 0.05) is 27.4 Å². The summed E-state index contributed by atoms with van der Waals surface area (Å²) in [6.07, 6.45) is 1.57. The lowest BCUT2D eigenvalue weighted by atomic mass is 10.1. The number of carbonyl (C=O) groups excluding carboxylic acids is 3. The van der Waals surface area contributed by atoms with Gasteiger partial charge < -0.3 is 20.7 Å². The number of methoxy groups -OCH3 is 1. The first-order chi connectivity index (χ1) is 19.4. The second-order valence-electron chi connectivity index (χ2n) is 8.75. The fourth-order valence-corrected chi connectivity index (χ4v) is 4.55. The largest absolute Gasteiger partial charge is 0.496 e. The monoisotopic (exact) mass is 551 g/mol. The van der Waals surface area contributed by atoms with Gasteiger partial charge in [0.1, 0.15) is 11.4 Å². The maximum atomic E-state index is 13.4. The van der Waals surface area contributed by atoms with Crippen LogP contribution >= 0.6 is 11.8 Å². The van der Waals surface area contributed by atoms with Gasteiger partial charge in [0.2, 0.25) is 5.91 Å². The summed E-state index contributed by atoms with van der Waals surface area (Å²) in [6, 6.07) is 30.6. The maximum absolute atomic E-state index is 13.4. The van der Waals surface area contributed by atoms with E-state index < -0.39 is 11.8 Å². The van der Waals surface area contributed by atoms with E-state index in [2.05, 4.69) is 16.0 Å². The summed E-state index contributed by atoms with van der Waals surface area (Å²) in [5.74, 6) is -0.281. The van der Waals surface area contributed by atoms with Crippen LogP contribution in [0, 0.1) is 6.92 Å². The van der Waals surface area contributed by atoms with Crippen LogP contribution in [0.4, 0.5) is 11.4 Å². The molecule has 0 aromatic heterocycles. The van der Waals surface area contributed by atoms with E-state index in [1.165, 1.54) is 11.8 Å². The summed E-state index contributed by atoms with van der Waals surface area (Å²) in [6.45, 7) is 1.94. The van der Waals surface area contributed by atoms with Crippen LogP contribution in [0.2, 0.25) is 0 Å². The zero-order valence-electron chi connectivity index (χ0n) is 22.1. The maximum Gasteiger partial charge on any atom is 0.272 e. The third-order valence-corrected chi connectivity index (χ3v) is 6.84. The molecular formula is C32H29N3O4S. The standard InChI is InChI=1S/C32H29N3O4S/c1-22-11-6-8-17-27(22)34-30(36)21-40-26-16-10-15-25(20-26)33-32(38)28(19-24-14-7-9-18-29(24)39-2)35-31(37)23-12-4-3-5-13-23/h3-20H,21H2,1-2H3,(H,33,38)(H,34,36)(H,35,37)/b28-19+. The molecule has 0 heterocycles. The van der Waals surface area contributed by atoms with Crippen LogP contribution in [0.5, 0.6) is 5.75 Å². The predicted molar refractivity (Wildman–Crippen MR) is 160 cm³/mol. The molecule has 8 heteroatoms. The van der Waals surface area contributed by atoms with Gasteiger partial charge in [0.15, 0.2) is 0 Å². The Hall–Kier alpha value is -4.82. The third-order valence-electron chi connectivity index (χ3n) is 5.85. The fraction of sp³-hybridized carbons (Fsp3) is 0.0938. The van der Waals surface area contributed by atoms with Crippen LogP contribution in [-0.4, -0.2) is 30.6 Å². The molecule has 0 bridgehead atoms. The van der Waals surface area contributed by atoms with E-state index >= 15 is 0 Å². The van der Waals surface area contributed by atoms with Crippen molar-refractivity contribution in [1.29, 1.82) is 0 Å². The molecule has 0 radical (unpaired) electrons. The molecule has 0 atom stereocenters. The Morgan fingerprint density at radius 3 is 2.33 bits per heavy atom. The summed E-state index contributed by atoms with van der Waals surface area (Å²) in [4.78, 5) is 39.6. The molecule has 0 unspecified atom stereocenters. The number of aryl methyl sites for hydroxylation is 1. The van der Waals surface area contributed by atoms with Gasteiger partial charge in [-0.3, -0.25) is 14.4 Å². The Labute approximate surface area is 237 Å². The Kier molecular flexibility index (Phi) is 9.74. The van der Waals surface area contributed by atoms with E-state index in [1.54, 1.807) is 67.8 Å². The number of amides is 3. The van der Waals surface area contributed by atoms with Crippen LogP contribution in [0.15, 0.2) is 114 Å². The lowest BCUT2D eigenvalue weighted by Gasteiger charge is -2.13. The average Bonchev–Trinajstić information content (AvgIpc) is 2.98. The fourth-order valence-electron chi connectivity index (χ4n) is 3.79. The van der Waals surface area contributed by atoms with Crippen molar-refractivity contribution in [2.75, 3.05) is 23.5 Å². The van der Waals surface area contributed by atoms with E-state index in [4.69, 9.17) is 4.74 Å². The molecule has 0 saturated carbocycles. The minimum absolute atomic E-state index is 0.0500. The highest BCUT2D eigenvalue weighted by Gasteiger charge is 2.16. The average molecular weight is 552 g/mol. The number of thioether (sulfide) groups is 1. The first-order valence-electron chi connectivity index (χ1n) is 12.5. The molecule has 0 aliphatic rings. The Bertz CT molecular complexity index is 1540. The Morgan fingerprint density at radius 2 is 1.55 bits per heavy atom. The second-order valence-corrected chi connectivity index (χ2v) is 9.80. The first-order valence-corrected chi connectivity index (χ1v) is 13.5. The van der Waals surface area contributed by atoms with Crippen molar-refractivity contribution in [2.45, 2.75) is 11.8 Å². The lowest BCUT2D eigenvalue weighted by Crippen LogP contribution is -2.30. The zero-order valence-corrected chi connectivity index (χ0v) is 23.0. The minimum Gasteiger partial charge on any atom is -0.496 e. The number of para-hydroxylation sites is 2. The molecule has 3 N–H and O–H groups in total. The highest BCUT2D eigenvalue weighted by molar-refractivity contribution is 8.00. The molecule has 0 aliphatic heterocycles. The molecule has 0 spiro atoms. The predicted octanol–water partition coefficient (Wildman–Crippen LogP) is 6.14. The number of rotatable bonds is 10. The topological polar surface area (TPSA) is 96.5 Å². The van der Waals surface area contributed by atoms with Crippen LogP contribution < -0.4 is 20.7 Å². The Morgan fingerprint density at radius 1 is 0.825 bits per heavy atom. The molecule has 7 nitrogen and oxygen atoms in total. The van der Waals surface area contributed by atoms with Gasteiger partial charge in [-0.2, -0.15) is 0 Å². The van der Waals surface area contributed by atoms with Gasteiger partial charge in [-0.1, -0.05) is 60.7 Å². The van der Waals surface area contributed by atoms with Crippen LogP contribution in [0.25, 0.3) is 6.08 Å². The number of hydrogen-bond donors (Lipinski definition) is 3. The zero-order chi connectivity index (χ0) is 28.3. The van der Waals surface area contributed by atoms with E-state index in [-0.39, 0.29) is 17.4 Å². The normalized spacial score (nSPS) is 10.9. The molecule has 0 saturated heterocycles. The summed E-state index contributed by atoms with van der Waals surface area (Å²) in [5, 5.41) is 8.51. The van der Waals surface area contributed by atoms with Gasteiger partial charge in [-0.15, -0.1) is 11.8 Å². The van der Waals surface area contributed by atoms with Crippen molar-refractivity contribution >= 4 is 46.9 Å². The van der Waals surface area contributed by atoms with Gasteiger partial charge in [-0.25, -0.2) is 0 Å². The number of anilines is 2. The first kappa shape index (κ1) is 28.2. The van der Waals surface area contributed by atoms with Gasteiger partial charge >= 0.3 is 0 Å². The number of nitrogens with one attached hydrogen (secondary N) is 3. The summed E-state index contributed by atoms with van der Waals surface area (Å²) in [7, 11) is 1.54. The molecule has 4 aromatic carbocycles. The van der Waals surface area contributed by atoms with E-state index in [1.807, 2.05) is 55.5 Å². The molecule has 4 rings (SSSR count). The molecular weight excluding hydrogens is 522 g/mol. The molecule has 202 valence electrons. The van der Waals surface area contributed by atoms with E-state index in [0.29, 0.717) is 22.6 Å². The summed E-state index contributed by atoms with van der Waals surface area (Å²) in [5.41, 5.74) is 3.39. The van der Waals surface area contributed by atoms with Gasteiger partial charge in [-0.05, 0) is 61.0 Å². The number of hydrogen-bond acceptors (Lipinski definition) is 5. The lowest BCUT2D eigenvalue weighted by molar-refractivity contribution is -0.114. The second kappa shape index (κ2) is 13.8. The van der Waals surface area contributed by atoms with E-state index in [0.717, 1.165) is 16.1 Å². The molecule has 3 amide bonds. The summed E-state index contributed by atoms with van der Waals surface area (Å²) >= 11 is 1.35.